The third-order valence-electron chi connectivity index (χ3n) is 7.85. The fraction of sp³-hybridized carbons (Fsp3) is 0.500. The molecule has 0 aliphatic heterocycles. The molecule has 4 aliphatic carbocycles. The van der Waals surface area contributed by atoms with Crippen LogP contribution in [0.4, 0.5) is 0 Å². The van der Waals surface area contributed by atoms with Gasteiger partial charge in [-0.1, -0.05) is 23.7 Å². The highest BCUT2D eigenvalue weighted by Crippen LogP contribution is 2.61. The highest BCUT2D eigenvalue weighted by molar-refractivity contribution is 6.31. The molecule has 6 rings (SSSR count). The zero-order valence-electron chi connectivity index (χ0n) is 17.8. The van der Waals surface area contributed by atoms with Gasteiger partial charge in [0, 0.05) is 22.7 Å². The molecular formula is C26H30ClNO2. The normalized spacial score (nSPS) is 30.7. The summed E-state index contributed by atoms with van der Waals surface area (Å²) in [6.07, 6.45) is 11.5. The van der Waals surface area contributed by atoms with E-state index in [-0.39, 0.29) is 11.9 Å². The molecule has 1 unspecified atom stereocenters. The number of amides is 1. The molecule has 1 amide bonds. The van der Waals surface area contributed by atoms with Crippen LogP contribution in [0.15, 0.2) is 40.8 Å². The smallest absolute Gasteiger partial charge is 0.244 e. The summed E-state index contributed by atoms with van der Waals surface area (Å²) in [6.45, 7) is 4.19. The lowest BCUT2D eigenvalue weighted by Crippen LogP contribution is -2.55. The molecule has 1 N–H and O–H groups in total. The monoisotopic (exact) mass is 423 g/mol. The van der Waals surface area contributed by atoms with E-state index in [0.29, 0.717) is 11.2 Å². The summed E-state index contributed by atoms with van der Waals surface area (Å²) in [7, 11) is 0. The van der Waals surface area contributed by atoms with E-state index in [1.807, 2.05) is 37.3 Å². The summed E-state index contributed by atoms with van der Waals surface area (Å²) >= 11 is 6.23. The first kappa shape index (κ1) is 19.9. The number of aryl methyl sites for hydroxylation is 1. The number of carbonyl (C=O) groups excluding carboxylic acids is 1. The first-order valence-electron chi connectivity index (χ1n) is 11.3. The molecule has 158 valence electrons. The second kappa shape index (κ2) is 7.60. The van der Waals surface area contributed by atoms with Gasteiger partial charge in [-0.3, -0.25) is 4.79 Å². The molecule has 1 aromatic heterocycles. The van der Waals surface area contributed by atoms with Crippen LogP contribution in [0.25, 0.3) is 17.4 Å². The first-order valence-corrected chi connectivity index (χ1v) is 11.6. The molecule has 3 nitrogen and oxygen atoms in total. The number of nitrogens with one attached hydrogen (secondary N) is 1. The summed E-state index contributed by atoms with van der Waals surface area (Å²) in [5, 5.41) is 4.00. The van der Waals surface area contributed by atoms with Gasteiger partial charge in [-0.25, -0.2) is 0 Å². The highest BCUT2D eigenvalue weighted by atomic mass is 35.5. The van der Waals surface area contributed by atoms with Crippen molar-refractivity contribution in [1.82, 2.24) is 5.32 Å². The quantitative estimate of drug-likeness (QED) is 0.547. The SMILES string of the molecule is Cc1ccc(-c2ccc(/C=C/C(=O)NC(C)C34CC5CC(CC(C5)C3)C4)o2)cc1Cl. The largest absolute Gasteiger partial charge is 0.457 e. The summed E-state index contributed by atoms with van der Waals surface area (Å²) in [4.78, 5) is 12.6. The van der Waals surface area contributed by atoms with Crippen molar-refractivity contribution in [2.24, 2.45) is 23.2 Å². The highest BCUT2D eigenvalue weighted by Gasteiger charge is 2.53. The number of halogens is 1. The van der Waals surface area contributed by atoms with Gasteiger partial charge in [0.1, 0.15) is 11.5 Å². The van der Waals surface area contributed by atoms with Crippen LogP contribution < -0.4 is 5.32 Å². The maximum absolute atomic E-state index is 12.6. The predicted molar refractivity (Wildman–Crippen MR) is 121 cm³/mol. The van der Waals surface area contributed by atoms with Crippen molar-refractivity contribution < 1.29 is 9.21 Å². The number of rotatable bonds is 5. The molecule has 0 spiro atoms. The Kier molecular flexibility index (Phi) is 5.05. The lowest BCUT2D eigenvalue weighted by molar-refractivity contribution is -0.121. The fourth-order valence-electron chi connectivity index (χ4n) is 6.62. The average Bonchev–Trinajstić information content (AvgIpc) is 3.16. The van der Waals surface area contributed by atoms with E-state index in [2.05, 4.69) is 12.2 Å². The third kappa shape index (κ3) is 3.73. The Labute approximate surface area is 183 Å². The molecule has 2 aromatic rings. The molecule has 1 atom stereocenters. The van der Waals surface area contributed by atoms with Crippen molar-refractivity contribution in [2.45, 2.75) is 58.4 Å². The number of furan rings is 1. The maximum Gasteiger partial charge on any atom is 0.244 e. The zero-order chi connectivity index (χ0) is 20.9. The molecule has 0 radical (unpaired) electrons. The first-order chi connectivity index (χ1) is 14.4. The van der Waals surface area contributed by atoms with Crippen molar-refractivity contribution in [3.8, 4) is 11.3 Å². The Morgan fingerprint density at radius 2 is 1.80 bits per heavy atom. The lowest BCUT2D eigenvalue weighted by Gasteiger charge is -2.59. The van der Waals surface area contributed by atoms with Crippen molar-refractivity contribution in [3.05, 3.63) is 52.8 Å². The zero-order valence-corrected chi connectivity index (χ0v) is 18.5. The van der Waals surface area contributed by atoms with Crippen molar-refractivity contribution in [3.63, 3.8) is 0 Å². The van der Waals surface area contributed by atoms with Crippen molar-refractivity contribution in [1.29, 1.82) is 0 Å². The van der Waals surface area contributed by atoms with E-state index < -0.39 is 0 Å². The summed E-state index contributed by atoms with van der Waals surface area (Å²) in [5.74, 6) is 4.06. The molecule has 30 heavy (non-hydrogen) atoms. The van der Waals surface area contributed by atoms with E-state index in [1.165, 1.54) is 38.5 Å². The minimum atomic E-state index is -0.0328. The summed E-state index contributed by atoms with van der Waals surface area (Å²) < 4.78 is 5.89. The Hall–Kier alpha value is -2.00. The van der Waals surface area contributed by atoms with Crippen LogP contribution in [0, 0.1) is 30.1 Å². The standard InChI is InChI=1S/C26H30ClNO2/c1-16-3-4-21(12-23(16)27)24-7-5-22(30-24)6-8-25(29)28-17(2)26-13-18-9-19(14-26)11-20(10-18)15-26/h3-8,12,17-20H,9-11,13-15H2,1-2H3,(H,28,29)/b8-6+. The van der Waals surface area contributed by atoms with Crippen LogP contribution >= 0.6 is 11.6 Å². The van der Waals surface area contributed by atoms with Gasteiger partial charge in [0.05, 0.1) is 0 Å². The van der Waals surface area contributed by atoms with Gasteiger partial charge in [0.25, 0.3) is 0 Å². The number of hydrogen-bond donors (Lipinski definition) is 1. The van der Waals surface area contributed by atoms with Crippen LogP contribution in [0.3, 0.4) is 0 Å². The lowest BCUT2D eigenvalue weighted by atomic mass is 9.48. The topological polar surface area (TPSA) is 42.2 Å². The second-order valence-corrected chi connectivity index (χ2v) is 10.4. The van der Waals surface area contributed by atoms with Gasteiger partial charge >= 0.3 is 0 Å². The minimum Gasteiger partial charge on any atom is -0.457 e. The van der Waals surface area contributed by atoms with E-state index in [4.69, 9.17) is 16.0 Å². The molecule has 4 bridgehead atoms. The van der Waals surface area contributed by atoms with E-state index in [9.17, 15) is 4.79 Å². The minimum absolute atomic E-state index is 0.0328. The number of carbonyl (C=O) groups is 1. The van der Waals surface area contributed by atoms with Gasteiger partial charge in [-0.15, -0.1) is 0 Å². The second-order valence-electron chi connectivity index (χ2n) is 10.0. The van der Waals surface area contributed by atoms with Crippen LogP contribution in [-0.4, -0.2) is 11.9 Å². The van der Waals surface area contributed by atoms with Crippen LogP contribution in [0.2, 0.25) is 5.02 Å². The molecule has 4 aliphatic rings. The Balaban J connectivity index is 1.23. The molecule has 4 saturated carbocycles. The Bertz CT molecular complexity index is 953. The molecular weight excluding hydrogens is 394 g/mol. The van der Waals surface area contributed by atoms with Gasteiger partial charge < -0.3 is 9.73 Å². The van der Waals surface area contributed by atoms with E-state index in [1.54, 1.807) is 12.2 Å². The Morgan fingerprint density at radius 3 is 2.43 bits per heavy atom. The third-order valence-corrected chi connectivity index (χ3v) is 8.25. The van der Waals surface area contributed by atoms with Crippen molar-refractivity contribution in [2.75, 3.05) is 0 Å². The maximum atomic E-state index is 12.6. The average molecular weight is 424 g/mol. The molecule has 4 heteroatoms. The predicted octanol–water partition coefficient (Wildman–Crippen LogP) is 6.64. The van der Waals surface area contributed by atoms with Crippen LogP contribution in [0.5, 0.6) is 0 Å². The van der Waals surface area contributed by atoms with Gasteiger partial charge in [-0.05, 0) is 105 Å². The van der Waals surface area contributed by atoms with E-state index >= 15 is 0 Å². The molecule has 4 fully saturated rings. The van der Waals surface area contributed by atoms with Gasteiger partial charge in [0.15, 0.2) is 0 Å². The van der Waals surface area contributed by atoms with Crippen LogP contribution in [-0.2, 0) is 4.79 Å². The van der Waals surface area contributed by atoms with Gasteiger partial charge in [-0.2, -0.15) is 0 Å². The molecule has 0 saturated heterocycles. The van der Waals surface area contributed by atoms with E-state index in [0.717, 1.165) is 39.7 Å². The molecule has 1 heterocycles. The van der Waals surface area contributed by atoms with Crippen molar-refractivity contribution >= 4 is 23.6 Å². The Morgan fingerprint density at radius 1 is 1.13 bits per heavy atom. The van der Waals surface area contributed by atoms with Gasteiger partial charge in [0.2, 0.25) is 5.91 Å². The number of hydrogen-bond acceptors (Lipinski definition) is 2. The summed E-state index contributed by atoms with van der Waals surface area (Å²) in [5.41, 5.74) is 2.29. The number of benzene rings is 1. The van der Waals surface area contributed by atoms with Crippen LogP contribution in [0.1, 0.15) is 56.8 Å². The summed E-state index contributed by atoms with van der Waals surface area (Å²) in [6, 6.07) is 9.90. The fourth-order valence-corrected chi connectivity index (χ4v) is 6.80. The molecule has 1 aromatic carbocycles.